The number of methoxy groups -OCH3 is 2. The number of nitrogens with zero attached hydrogens (tertiary/aromatic N) is 1. The fourth-order valence-corrected chi connectivity index (χ4v) is 3.73. The standard InChI is InChI=1S/C14H21NO5S/c1-15(9-10-6-11(16)7-10)21(17,18)12-4-5-13(19-2)14(8-12)20-3/h4-5,8,10-11,16H,6-7,9H2,1-3H3. The van der Waals surface area contributed by atoms with Crippen LogP contribution in [-0.4, -0.2) is 51.7 Å². The minimum Gasteiger partial charge on any atom is -0.493 e. The van der Waals surface area contributed by atoms with Crippen LogP contribution in [0.3, 0.4) is 0 Å². The van der Waals surface area contributed by atoms with E-state index < -0.39 is 10.0 Å². The van der Waals surface area contributed by atoms with Gasteiger partial charge in [-0.1, -0.05) is 0 Å². The van der Waals surface area contributed by atoms with Crippen molar-refractivity contribution in [3.05, 3.63) is 18.2 Å². The van der Waals surface area contributed by atoms with Crippen LogP contribution >= 0.6 is 0 Å². The van der Waals surface area contributed by atoms with E-state index in [4.69, 9.17) is 9.47 Å². The average molecular weight is 315 g/mol. The summed E-state index contributed by atoms with van der Waals surface area (Å²) in [7, 11) is 0.949. The first kappa shape index (κ1) is 16.1. The van der Waals surface area contributed by atoms with Crippen molar-refractivity contribution < 1.29 is 23.0 Å². The van der Waals surface area contributed by atoms with Crippen LogP contribution in [0.4, 0.5) is 0 Å². The Hall–Kier alpha value is -1.31. The predicted molar refractivity (Wildman–Crippen MR) is 78.1 cm³/mol. The van der Waals surface area contributed by atoms with Gasteiger partial charge < -0.3 is 14.6 Å². The number of hydrogen-bond acceptors (Lipinski definition) is 5. The molecule has 118 valence electrons. The van der Waals surface area contributed by atoms with E-state index in [0.717, 1.165) is 0 Å². The molecule has 0 aromatic heterocycles. The van der Waals surface area contributed by atoms with E-state index in [1.54, 1.807) is 13.1 Å². The van der Waals surface area contributed by atoms with Crippen LogP contribution in [0.2, 0.25) is 0 Å². The van der Waals surface area contributed by atoms with Crippen molar-refractivity contribution >= 4 is 10.0 Å². The van der Waals surface area contributed by atoms with Crippen LogP contribution in [0.25, 0.3) is 0 Å². The van der Waals surface area contributed by atoms with Crippen LogP contribution in [-0.2, 0) is 10.0 Å². The molecule has 21 heavy (non-hydrogen) atoms. The minimum absolute atomic E-state index is 0.169. The van der Waals surface area contributed by atoms with Gasteiger partial charge >= 0.3 is 0 Å². The molecule has 0 unspecified atom stereocenters. The molecule has 0 heterocycles. The van der Waals surface area contributed by atoms with Gasteiger partial charge in [-0.05, 0) is 30.9 Å². The maximum Gasteiger partial charge on any atom is 0.242 e. The minimum atomic E-state index is -3.57. The smallest absolute Gasteiger partial charge is 0.242 e. The molecular weight excluding hydrogens is 294 g/mol. The Morgan fingerprint density at radius 3 is 2.38 bits per heavy atom. The fraction of sp³-hybridized carbons (Fsp3) is 0.571. The van der Waals surface area contributed by atoms with Crippen molar-refractivity contribution in [3.63, 3.8) is 0 Å². The molecule has 0 amide bonds. The zero-order valence-corrected chi connectivity index (χ0v) is 13.3. The predicted octanol–water partition coefficient (Wildman–Crippen LogP) is 1.10. The van der Waals surface area contributed by atoms with Crippen LogP contribution in [0, 0.1) is 5.92 Å². The average Bonchev–Trinajstić information content (AvgIpc) is 2.44. The van der Waals surface area contributed by atoms with Gasteiger partial charge in [0, 0.05) is 19.7 Å². The maximum atomic E-state index is 12.5. The second-order valence-corrected chi connectivity index (χ2v) is 7.34. The summed E-state index contributed by atoms with van der Waals surface area (Å²) in [6.07, 6.45) is 1.03. The largest absolute Gasteiger partial charge is 0.493 e. The summed E-state index contributed by atoms with van der Waals surface area (Å²) in [6, 6.07) is 4.54. The molecule has 0 aliphatic heterocycles. The highest BCUT2D eigenvalue weighted by Gasteiger charge is 2.32. The molecule has 1 aliphatic carbocycles. The summed E-state index contributed by atoms with van der Waals surface area (Å²) in [6.45, 7) is 0.410. The van der Waals surface area contributed by atoms with Crippen LogP contribution < -0.4 is 9.47 Å². The van der Waals surface area contributed by atoms with Crippen molar-refractivity contribution in [2.75, 3.05) is 27.8 Å². The van der Waals surface area contributed by atoms with Crippen molar-refractivity contribution in [1.29, 1.82) is 0 Å². The van der Waals surface area contributed by atoms with E-state index in [1.165, 1.54) is 30.7 Å². The van der Waals surface area contributed by atoms with Gasteiger partial charge in [-0.25, -0.2) is 12.7 Å². The molecule has 6 nitrogen and oxygen atoms in total. The second-order valence-electron chi connectivity index (χ2n) is 5.29. The van der Waals surface area contributed by atoms with E-state index in [1.807, 2.05) is 0 Å². The quantitative estimate of drug-likeness (QED) is 0.850. The third-order valence-electron chi connectivity index (χ3n) is 3.79. The highest BCUT2D eigenvalue weighted by atomic mass is 32.2. The van der Waals surface area contributed by atoms with Gasteiger partial charge in [0.2, 0.25) is 10.0 Å². The molecule has 7 heteroatoms. The first-order chi connectivity index (χ1) is 9.88. The SMILES string of the molecule is COc1ccc(S(=O)(=O)N(C)CC2CC(O)C2)cc1OC. The van der Waals surface area contributed by atoms with Gasteiger partial charge in [0.1, 0.15) is 0 Å². The van der Waals surface area contributed by atoms with Crippen molar-refractivity contribution in [2.45, 2.75) is 23.8 Å². The van der Waals surface area contributed by atoms with Gasteiger partial charge in [0.05, 0.1) is 25.2 Å². The summed E-state index contributed by atoms with van der Waals surface area (Å²) >= 11 is 0. The van der Waals surface area contributed by atoms with Gasteiger partial charge in [0.15, 0.2) is 11.5 Å². The molecule has 0 spiro atoms. The summed E-state index contributed by atoms with van der Waals surface area (Å²) < 4.78 is 36.6. The summed E-state index contributed by atoms with van der Waals surface area (Å²) in [5.41, 5.74) is 0. The molecule has 0 bridgehead atoms. The van der Waals surface area contributed by atoms with Crippen LogP contribution in [0.1, 0.15) is 12.8 Å². The fourth-order valence-electron chi connectivity index (χ4n) is 2.47. The number of aliphatic hydroxyl groups excluding tert-OH is 1. The van der Waals surface area contributed by atoms with Crippen LogP contribution in [0.5, 0.6) is 11.5 Å². The Morgan fingerprint density at radius 2 is 1.86 bits per heavy atom. The molecule has 2 rings (SSSR count). The topological polar surface area (TPSA) is 76.1 Å². The third kappa shape index (κ3) is 3.30. The van der Waals surface area contributed by atoms with Crippen molar-refractivity contribution in [2.24, 2.45) is 5.92 Å². The molecule has 0 atom stereocenters. The van der Waals surface area contributed by atoms with Gasteiger partial charge in [-0.2, -0.15) is 0 Å². The Labute approximate surface area is 125 Å². The van der Waals surface area contributed by atoms with Gasteiger partial charge in [-0.15, -0.1) is 0 Å². The Morgan fingerprint density at radius 1 is 1.24 bits per heavy atom. The first-order valence-corrected chi connectivity index (χ1v) is 8.19. The van der Waals surface area contributed by atoms with Crippen molar-refractivity contribution in [1.82, 2.24) is 4.31 Å². The lowest BCUT2D eigenvalue weighted by Crippen LogP contribution is -2.39. The lowest BCUT2D eigenvalue weighted by atomic mass is 9.82. The molecule has 1 aliphatic rings. The lowest BCUT2D eigenvalue weighted by Gasteiger charge is -2.34. The summed E-state index contributed by atoms with van der Waals surface area (Å²) in [4.78, 5) is 0.169. The third-order valence-corrected chi connectivity index (χ3v) is 5.61. The number of benzene rings is 1. The molecule has 1 fully saturated rings. The second kappa shape index (κ2) is 6.21. The highest BCUT2D eigenvalue weighted by molar-refractivity contribution is 7.89. The van der Waals surface area contributed by atoms with Gasteiger partial charge in [0.25, 0.3) is 0 Å². The van der Waals surface area contributed by atoms with E-state index in [2.05, 4.69) is 0 Å². The Bertz CT molecular complexity index is 595. The zero-order chi connectivity index (χ0) is 15.6. The number of rotatable bonds is 6. The molecule has 0 radical (unpaired) electrons. The summed E-state index contributed by atoms with van der Waals surface area (Å²) in [5.74, 6) is 1.09. The summed E-state index contributed by atoms with van der Waals surface area (Å²) in [5, 5.41) is 9.28. The molecule has 1 N–H and O–H groups in total. The van der Waals surface area contributed by atoms with E-state index in [0.29, 0.717) is 30.9 Å². The first-order valence-electron chi connectivity index (χ1n) is 6.75. The van der Waals surface area contributed by atoms with Crippen molar-refractivity contribution in [3.8, 4) is 11.5 Å². The van der Waals surface area contributed by atoms with E-state index in [9.17, 15) is 13.5 Å². The Balaban J connectivity index is 2.18. The molecule has 1 aromatic rings. The van der Waals surface area contributed by atoms with E-state index in [-0.39, 0.29) is 16.9 Å². The number of aliphatic hydroxyl groups is 1. The van der Waals surface area contributed by atoms with Crippen LogP contribution in [0.15, 0.2) is 23.1 Å². The monoisotopic (exact) mass is 315 g/mol. The molecule has 1 aromatic carbocycles. The molecule has 1 saturated carbocycles. The number of hydrogen-bond donors (Lipinski definition) is 1. The normalized spacial score (nSPS) is 22.0. The zero-order valence-electron chi connectivity index (χ0n) is 12.4. The lowest BCUT2D eigenvalue weighted by molar-refractivity contribution is 0.0367. The molecular formula is C14H21NO5S. The van der Waals surface area contributed by atoms with Gasteiger partial charge in [-0.3, -0.25) is 0 Å². The highest BCUT2D eigenvalue weighted by Crippen LogP contribution is 2.32. The molecule has 0 saturated heterocycles. The Kier molecular flexibility index (Phi) is 4.75. The number of sulfonamides is 1. The maximum absolute atomic E-state index is 12.5. The van der Waals surface area contributed by atoms with E-state index >= 15 is 0 Å². The number of ether oxygens (including phenoxy) is 2.